The van der Waals surface area contributed by atoms with Gasteiger partial charge in [0.2, 0.25) is 11.8 Å². The van der Waals surface area contributed by atoms with Crippen LogP contribution in [0.2, 0.25) is 0 Å². The Balaban J connectivity index is 3.42. The Bertz CT molecular complexity index is 624. The van der Waals surface area contributed by atoms with Gasteiger partial charge in [-0.3, -0.25) is 9.59 Å². The fourth-order valence-electron chi connectivity index (χ4n) is 5.88. The molecule has 1 saturated carbocycles. The minimum absolute atomic E-state index is 0.297. The van der Waals surface area contributed by atoms with Gasteiger partial charge >= 0.3 is 0 Å². The van der Waals surface area contributed by atoms with Crippen LogP contribution in [-0.2, 0) is 9.59 Å². The van der Waals surface area contributed by atoms with Crippen molar-refractivity contribution in [3.8, 4) is 0 Å². The predicted octanol–water partition coefficient (Wildman–Crippen LogP) is 5.10. The van der Waals surface area contributed by atoms with Crippen molar-refractivity contribution in [2.24, 2.45) is 16.2 Å². The van der Waals surface area contributed by atoms with Gasteiger partial charge in [-0.05, 0) is 49.4 Å². The molecule has 0 spiro atoms. The molecule has 4 N–H and O–H groups in total. The fourth-order valence-corrected chi connectivity index (χ4v) is 5.88. The lowest BCUT2D eigenvalue weighted by Crippen LogP contribution is -2.65. The van der Waals surface area contributed by atoms with Gasteiger partial charge in [0.15, 0.2) is 0 Å². The maximum atomic E-state index is 14.0. The molecule has 0 radical (unpaired) electrons. The van der Waals surface area contributed by atoms with E-state index in [0.717, 1.165) is 19.3 Å². The van der Waals surface area contributed by atoms with E-state index in [2.05, 4.69) is 10.6 Å². The first kappa shape index (κ1) is 30.9. The molecule has 0 aromatic carbocycles. The zero-order chi connectivity index (χ0) is 26.6. The second kappa shape index (κ2) is 11.3. The topological polar surface area (TPSA) is 98.7 Å². The van der Waals surface area contributed by atoms with Crippen molar-refractivity contribution >= 4 is 11.8 Å². The van der Waals surface area contributed by atoms with E-state index in [1.54, 1.807) is 0 Å². The molecule has 1 rings (SSSR count). The van der Waals surface area contributed by atoms with E-state index < -0.39 is 28.7 Å². The Kier molecular flexibility index (Phi) is 10.2. The molecule has 1 aliphatic rings. The largest absolute Gasteiger partial charge is 0.388 e. The Morgan fingerprint density at radius 3 is 1.21 bits per heavy atom. The molecule has 0 heterocycles. The molecule has 1 aliphatic carbocycles. The first-order valence-electron chi connectivity index (χ1n) is 13.5. The number of carbonyl (C=O) groups excluding carboxylic acids is 2. The van der Waals surface area contributed by atoms with Gasteiger partial charge in [0, 0.05) is 0 Å². The van der Waals surface area contributed by atoms with Crippen molar-refractivity contribution in [2.75, 3.05) is 0 Å². The first-order valence-corrected chi connectivity index (χ1v) is 13.5. The maximum absolute atomic E-state index is 14.0. The summed E-state index contributed by atoms with van der Waals surface area (Å²) < 4.78 is 0. The summed E-state index contributed by atoms with van der Waals surface area (Å²) in [6, 6.07) is -0.980. The fraction of sp³-hybridized carbons (Fsp3) is 0.929. The summed E-state index contributed by atoms with van der Waals surface area (Å²) in [6.45, 7) is 19.8. The van der Waals surface area contributed by atoms with Gasteiger partial charge in [0.1, 0.15) is 5.41 Å². The third-order valence-electron chi connectivity index (χ3n) is 8.38. The molecule has 6 heteroatoms. The smallest absolute Gasteiger partial charge is 0.236 e. The minimum atomic E-state index is -1.20. The number of nitrogens with one attached hydrogen (secondary N) is 2. The second-order valence-corrected chi connectivity index (χ2v) is 12.8. The Morgan fingerprint density at radius 2 is 0.971 bits per heavy atom. The summed E-state index contributed by atoms with van der Waals surface area (Å²) in [5.41, 5.74) is -4.09. The van der Waals surface area contributed by atoms with Crippen molar-refractivity contribution in [2.45, 2.75) is 150 Å². The summed E-state index contributed by atoms with van der Waals surface area (Å²) in [4.78, 5) is 27.9. The van der Waals surface area contributed by atoms with Crippen LogP contribution >= 0.6 is 0 Å². The van der Waals surface area contributed by atoms with Crippen LogP contribution in [0.5, 0.6) is 0 Å². The van der Waals surface area contributed by atoms with Crippen LogP contribution in [0.3, 0.4) is 0 Å². The van der Waals surface area contributed by atoms with E-state index in [9.17, 15) is 19.8 Å². The molecule has 0 aromatic heterocycles. The standard InChI is InChI=1S/C28H54N2O4/c1-11-27(33,12-2)20(24(5,6)7)29-22(31)26(18-16-15-17-19-26)23(32)30-21(25(8,9)10)28(34,13-3)14-4/h20-21,33-34H,11-19H2,1-10H3,(H,29,31)(H,30,32)/t20-,21-/m1/s1. The first-order chi connectivity index (χ1) is 15.5. The van der Waals surface area contributed by atoms with E-state index in [1.807, 2.05) is 69.2 Å². The molecule has 34 heavy (non-hydrogen) atoms. The molecule has 0 bridgehead atoms. The van der Waals surface area contributed by atoms with Crippen LogP contribution in [-0.4, -0.2) is 45.3 Å². The average molecular weight is 483 g/mol. The zero-order valence-electron chi connectivity index (χ0n) is 23.7. The molecule has 1 fully saturated rings. The molecule has 6 nitrogen and oxygen atoms in total. The lowest BCUT2D eigenvalue weighted by molar-refractivity contribution is -0.152. The van der Waals surface area contributed by atoms with Gasteiger partial charge in [-0.1, -0.05) is 88.5 Å². The van der Waals surface area contributed by atoms with Crippen LogP contribution in [0.1, 0.15) is 127 Å². The van der Waals surface area contributed by atoms with Crippen LogP contribution in [0.15, 0.2) is 0 Å². The van der Waals surface area contributed by atoms with Crippen molar-refractivity contribution in [1.82, 2.24) is 10.6 Å². The highest BCUT2D eigenvalue weighted by atomic mass is 16.3. The molecule has 0 saturated heterocycles. The summed E-state index contributed by atoms with van der Waals surface area (Å²) in [5.74, 6) is -0.594. The quantitative estimate of drug-likeness (QED) is 0.326. The third-order valence-corrected chi connectivity index (χ3v) is 8.38. The molecular formula is C28H54N2O4. The average Bonchev–Trinajstić information content (AvgIpc) is 2.78. The molecule has 200 valence electrons. The Hall–Kier alpha value is -1.14. The molecule has 0 aromatic rings. The summed E-state index contributed by atoms with van der Waals surface area (Å²) in [6.07, 6.45) is 5.60. The molecule has 0 aliphatic heterocycles. The van der Waals surface area contributed by atoms with Crippen molar-refractivity contribution in [3.05, 3.63) is 0 Å². The number of amides is 2. The minimum Gasteiger partial charge on any atom is -0.388 e. The number of carbonyl (C=O) groups is 2. The van der Waals surface area contributed by atoms with Crippen LogP contribution in [0.25, 0.3) is 0 Å². The maximum Gasteiger partial charge on any atom is 0.236 e. The number of hydrogen-bond acceptors (Lipinski definition) is 4. The highest BCUT2D eigenvalue weighted by Crippen LogP contribution is 2.41. The van der Waals surface area contributed by atoms with E-state index in [-0.39, 0.29) is 22.6 Å². The van der Waals surface area contributed by atoms with Crippen LogP contribution in [0, 0.1) is 16.2 Å². The Morgan fingerprint density at radius 1 is 0.676 bits per heavy atom. The number of aliphatic hydroxyl groups is 2. The molecule has 0 unspecified atom stereocenters. The third kappa shape index (κ3) is 6.54. The monoisotopic (exact) mass is 482 g/mol. The van der Waals surface area contributed by atoms with Gasteiger partial charge in [0.25, 0.3) is 0 Å². The van der Waals surface area contributed by atoms with Crippen LogP contribution < -0.4 is 10.6 Å². The lowest BCUT2D eigenvalue weighted by Gasteiger charge is -2.47. The van der Waals surface area contributed by atoms with Gasteiger partial charge in [-0.25, -0.2) is 0 Å². The highest BCUT2D eigenvalue weighted by molar-refractivity contribution is 6.05. The predicted molar refractivity (Wildman–Crippen MR) is 139 cm³/mol. The number of rotatable bonds is 10. The van der Waals surface area contributed by atoms with Gasteiger partial charge in [0.05, 0.1) is 23.3 Å². The van der Waals surface area contributed by atoms with Gasteiger partial charge in [-0.2, -0.15) is 0 Å². The van der Waals surface area contributed by atoms with Gasteiger partial charge < -0.3 is 20.8 Å². The van der Waals surface area contributed by atoms with E-state index >= 15 is 0 Å². The van der Waals surface area contributed by atoms with Crippen molar-refractivity contribution in [1.29, 1.82) is 0 Å². The zero-order valence-corrected chi connectivity index (χ0v) is 23.7. The summed E-state index contributed by atoms with van der Waals surface area (Å²) in [7, 11) is 0. The Labute approximate surface area is 209 Å². The van der Waals surface area contributed by atoms with Gasteiger partial charge in [-0.15, -0.1) is 0 Å². The second-order valence-electron chi connectivity index (χ2n) is 12.8. The SMILES string of the molecule is CCC(O)(CC)[C@H](NC(=O)C1(C(=O)N[C@H](C(C)(C)C)C(O)(CC)CC)CCCCC1)C(C)(C)C. The summed E-state index contributed by atoms with van der Waals surface area (Å²) in [5, 5.41) is 29.1. The van der Waals surface area contributed by atoms with E-state index in [4.69, 9.17) is 0 Å². The molecule has 2 atom stereocenters. The van der Waals surface area contributed by atoms with E-state index in [0.29, 0.717) is 38.5 Å². The lowest BCUT2D eigenvalue weighted by atomic mass is 9.68. The molecular weight excluding hydrogens is 428 g/mol. The normalized spacial score (nSPS) is 19.3. The highest BCUT2D eigenvalue weighted by Gasteiger charge is 2.52. The van der Waals surface area contributed by atoms with E-state index in [1.165, 1.54) is 0 Å². The van der Waals surface area contributed by atoms with Crippen molar-refractivity contribution < 1.29 is 19.8 Å². The van der Waals surface area contributed by atoms with Crippen LogP contribution in [0.4, 0.5) is 0 Å². The molecule has 2 amide bonds. The van der Waals surface area contributed by atoms with Crippen molar-refractivity contribution in [3.63, 3.8) is 0 Å². The summed E-state index contributed by atoms with van der Waals surface area (Å²) >= 11 is 0. The number of hydrogen-bond donors (Lipinski definition) is 4.